The lowest BCUT2D eigenvalue weighted by atomic mass is 9.85. The van der Waals surface area contributed by atoms with Gasteiger partial charge in [0.2, 0.25) is 0 Å². The summed E-state index contributed by atoms with van der Waals surface area (Å²) < 4.78 is 16.3. The molecule has 2 aliphatic heterocycles. The Morgan fingerprint density at radius 3 is 2.60 bits per heavy atom. The maximum Gasteiger partial charge on any atom is 0.334 e. The first-order valence-corrected chi connectivity index (χ1v) is 8.11. The molecule has 1 unspecified atom stereocenters. The van der Waals surface area contributed by atoms with Gasteiger partial charge in [-0.15, -0.1) is 0 Å². The molecule has 0 amide bonds. The van der Waals surface area contributed by atoms with E-state index < -0.39 is 36.0 Å². The van der Waals surface area contributed by atoms with Crippen LogP contribution in [0.3, 0.4) is 0 Å². The Morgan fingerprint density at radius 2 is 1.92 bits per heavy atom. The van der Waals surface area contributed by atoms with Crippen LogP contribution >= 0.6 is 0 Å². The summed E-state index contributed by atoms with van der Waals surface area (Å²) in [6.45, 7) is 10.8. The molecule has 0 saturated carbocycles. The van der Waals surface area contributed by atoms with Crippen LogP contribution in [0.1, 0.15) is 26.7 Å². The number of fused-ring (bicyclic) bond motifs is 2. The predicted molar refractivity (Wildman–Crippen MR) is 88.2 cm³/mol. The monoisotopic (exact) mass is 344 g/mol. The fraction of sp³-hybridized carbons (Fsp3) is 0.421. The normalized spacial score (nSPS) is 33.4. The quantitative estimate of drug-likeness (QED) is 0.331. The standard InChI is InChI=1S/C19H20O6/c1-9(2)17(20)24-15-8-12-7-13(23-19(12)22)5-10(3)6-14-16(15)11(4)18(21)25-14/h6-7,13-16H,1,4-5,8H2,2-3H3/b10-6+/t13?,14-,15+,16-/m1/s1. The topological polar surface area (TPSA) is 78.9 Å². The number of rotatable bonds is 2. The molecular weight excluding hydrogens is 324 g/mol. The fourth-order valence-electron chi connectivity index (χ4n) is 3.33. The van der Waals surface area contributed by atoms with Gasteiger partial charge in [0, 0.05) is 29.6 Å². The third kappa shape index (κ3) is 3.29. The zero-order valence-electron chi connectivity index (χ0n) is 14.2. The lowest BCUT2D eigenvalue weighted by molar-refractivity contribution is -0.148. The van der Waals surface area contributed by atoms with E-state index in [1.54, 1.807) is 6.08 Å². The van der Waals surface area contributed by atoms with Gasteiger partial charge in [0.05, 0.1) is 5.92 Å². The van der Waals surface area contributed by atoms with Crippen molar-refractivity contribution in [1.29, 1.82) is 0 Å². The summed E-state index contributed by atoms with van der Waals surface area (Å²) in [5.41, 5.74) is 1.82. The van der Waals surface area contributed by atoms with Crippen molar-refractivity contribution in [2.24, 2.45) is 5.92 Å². The van der Waals surface area contributed by atoms with Crippen LogP contribution in [-0.4, -0.2) is 36.2 Å². The summed E-state index contributed by atoms with van der Waals surface area (Å²) in [7, 11) is 0. The highest BCUT2D eigenvalue weighted by Crippen LogP contribution is 2.38. The molecular formula is C19H20O6. The van der Waals surface area contributed by atoms with Crippen LogP contribution in [0.25, 0.3) is 0 Å². The van der Waals surface area contributed by atoms with E-state index in [1.807, 2.05) is 13.0 Å². The van der Waals surface area contributed by atoms with E-state index in [2.05, 4.69) is 13.2 Å². The summed E-state index contributed by atoms with van der Waals surface area (Å²) in [6.07, 6.45) is 2.52. The first-order valence-electron chi connectivity index (χ1n) is 8.11. The Balaban J connectivity index is 2.01. The molecule has 0 N–H and O–H groups in total. The Bertz CT molecular complexity index is 741. The highest BCUT2D eigenvalue weighted by Gasteiger charge is 2.46. The number of hydrogen-bond donors (Lipinski definition) is 0. The van der Waals surface area contributed by atoms with Crippen molar-refractivity contribution in [3.63, 3.8) is 0 Å². The maximum absolute atomic E-state index is 12.1. The molecule has 6 heteroatoms. The van der Waals surface area contributed by atoms with E-state index in [4.69, 9.17) is 14.2 Å². The summed E-state index contributed by atoms with van der Waals surface area (Å²) in [4.78, 5) is 36.2. The number of carbonyl (C=O) groups is 3. The third-order valence-corrected chi connectivity index (χ3v) is 4.57. The lowest BCUT2D eigenvalue weighted by Gasteiger charge is -2.26. The SMILES string of the molecule is C=C(C)C(=O)O[C@H]1CC2=CC(C/C(C)=C/[C@H]3OC(=O)C(=C)[C@@H]13)OC2=O. The average Bonchev–Trinajstić information content (AvgIpc) is 2.98. The summed E-state index contributed by atoms with van der Waals surface area (Å²) in [5.74, 6) is -2.09. The van der Waals surface area contributed by atoms with Gasteiger partial charge in [-0.1, -0.05) is 18.7 Å². The van der Waals surface area contributed by atoms with Crippen LogP contribution in [0.15, 0.2) is 47.6 Å². The molecule has 0 radical (unpaired) electrons. The van der Waals surface area contributed by atoms with E-state index in [1.165, 1.54) is 6.92 Å². The molecule has 1 saturated heterocycles. The summed E-state index contributed by atoms with van der Waals surface area (Å²) >= 11 is 0. The van der Waals surface area contributed by atoms with Gasteiger partial charge in [-0.05, 0) is 26.0 Å². The molecule has 1 aliphatic carbocycles. The molecule has 0 aromatic carbocycles. The second-order valence-electron chi connectivity index (χ2n) is 6.70. The molecule has 4 atom stereocenters. The number of ether oxygens (including phenoxy) is 3. The molecule has 0 aromatic rings. The molecule has 1 fully saturated rings. The van der Waals surface area contributed by atoms with Crippen LogP contribution in [0.2, 0.25) is 0 Å². The van der Waals surface area contributed by atoms with E-state index in [-0.39, 0.29) is 23.7 Å². The van der Waals surface area contributed by atoms with Crippen LogP contribution in [0.4, 0.5) is 0 Å². The minimum absolute atomic E-state index is 0.137. The van der Waals surface area contributed by atoms with Crippen LogP contribution in [0, 0.1) is 5.92 Å². The molecule has 3 rings (SSSR count). The predicted octanol–water partition coefficient (Wildman–Crippen LogP) is 2.16. The Morgan fingerprint density at radius 1 is 1.20 bits per heavy atom. The highest BCUT2D eigenvalue weighted by atomic mass is 16.6. The average molecular weight is 344 g/mol. The van der Waals surface area contributed by atoms with Crippen molar-refractivity contribution in [1.82, 2.24) is 0 Å². The smallest absolute Gasteiger partial charge is 0.334 e. The van der Waals surface area contributed by atoms with E-state index in [0.29, 0.717) is 12.0 Å². The Kier molecular flexibility index (Phi) is 4.37. The third-order valence-electron chi connectivity index (χ3n) is 4.57. The fourth-order valence-corrected chi connectivity index (χ4v) is 3.33. The van der Waals surface area contributed by atoms with Crippen molar-refractivity contribution >= 4 is 17.9 Å². The first kappa shape index (κ1) is 17.2. The minimum Gasteiger partial charge on any atom is -0.458 e. The molecule has 2 heterocycles. The maximum atomic E-state index is 12.1. The van der Waals surface area contributed by atoms with E-state index in [0.717, 1.165) is 5.57 Å². The molecule has 25 heavy (non-hydrogen) atoms. The van der Waals surface area contributed by atoms with Gasteiger partial charge in [-0.25, -0.2) is 14.4 Å². The molecule has 3 aliphatic rings. The minimum atomic E-state index is -0.771. The van der Waals surface area contributed by atoms with Crippen molar-refractivity contribution in [3.8, 4) is 0 Å². The van der Waals surface area contributed by atoms with Gasteiger partial charge >= 0.3 is 17.9 Å². The van der Waals surface area contributed by atoms with Gasteiger partial charge in [-0.2, -0.15) is 0 Å². The number of hydrogen-bond acceptors (Lipinski definition) is 6. The molecule has 0 aromatic heterocycles. The largest absolute Gasteiger partial charge is 0.458 e. The number of carbonyl (C=O) groups excluding carboxylic acids is 3. The molecule has 0 spiro atoms. The van der Waals surface area contributed by atoms with Gasteiger partial charge in [-0.3, -0.25) is 0 Å². The lowest BCUT2D eigenvalue weighted by Crippen LogP contribution is -2.34. The molecule has 2 bridgehead atoms. The zero-order chi connectivity index (χ0) is 18.3. The van der Waals surface area contributed by atoms with Crippen molar-refractivity contribution in [3.05, 3.63) is 47.6 Å². The van der Waals surface area contributed by atoms with Crippen molar-refractivity contribution in [2.45, 2.75) is 45.0 Å². The van der Waals surface area contributed by atoms with Crippen LogP contribution < -0.4 is 0 Å². The van der Waals surface area contributed by atoms with Crippen molar-refractivity contribution in [2.75, 3.05) is 0 Å². The zero-order valence-corrected chi connectivity index (χ0v) is 14.2. The van der Waals surface area contributed by atoms with E-state index >= 15 is 0 Å². The summed E-state index contributed by atoms with van der Waals surface area (Å²) in [6, 6.07) is 0. The molecule has 6 nitrogen and oxygen atoms in total. The van der Waals surface area contributed by atoms with Crippen LogP contribution in [-0.2, 0) is 28.6 Å². The van der Waals surface area contributed by atoms with E-state index in [9.17, 15) is 14.4 Å². The van der Waals surface area contributed by atoms with Gasteiger partial charge in [0.15, 0.2) is 0 Å². The van der Waals surface area contributed by atoms with Gasteiger partial charge in [0.1, 0.15) is 18.3 Å². The summed E-state index contributed by atoms with van der Waals surface area (Å²) in [5, 5.41) is 0. The first-order chi connectivity index (χ1) is 11.8. The van der Waals surface area contributed by atoms with Gasteiger partial charge in [0.25, 0.3) is 0 Å². The molecule has 132 valence electrons. The Labute approximate surface area is 145 Å². The number of esters is 3. The second kappa shape index (κ2) is 6.35. The highest BCUT2D eigenvalue weighted by molar-refractivity contribution is 5.93. The van der Waals surface area contributed by atoms with Gasteiger partial charge < -0.3 is 14.2 Å². The van der Waals surface area contributed by atoms with Crippen molar-refractivity contribution < 1.29 is 28.6 Å². The van der Waals surface area contributed by atoms with Crippen LogP contribution in [0.5, 0.6) is 0 Å². The Hall–Kier alpha value is -2.63. The second-order valence-corrected chi connectivity index (χ2v) is 6.70.